The smallest absolute Gasteiger partial charge is 0.340 e. The first kappa shape index (κ1) is 14.6. The lowest BCUT2D eigenvalue weighted by atomic mass is 9.84. The Morgan fingerprint density at radius 3 is 2.75 bits per heavy atom. The second-order valence-corrected chi connectivity index (χ2v) is 5.38. The van der Waals surface area contributed by atoms with Crippen LogP contribution >= 0.6 is 0 Å². The van der Waals surface area contributed by atoms with Crippen molar-refractivity contribution in [1.29, 1.82) is 0 Å². The van der Waals surface area contributed by atoms with Crippen LogP contribution in [0.1, 0.15) is 49.4 Å². The van der Waals surface area contributed by atoms with Crippen LogP contribution in [0.2, 0.25) is 0 Å². The first-order valence-corrected chi connectivity index (χ1v) is 7.25. The van der Waals surface area contributed by atoms with E-state index in [1.165, 1.54) is 26.4 Å². The van der Waals surface area contributed by atoms with Crippen LogP contribution in [0.3, 0.4) is 0 Å². The predicted octanol–water partition coefficient (Wildman–Crippen LogP) is 2.83. The number of ether oxygens (including phenoxy) is 1. The maximum atomic E-state index is 11.6. The number of anilines is 2. The van der Waals surface area contributed by atoms with Crippen molar-refractivity contribution in [3.8, 4) is 0 Å². The van der Waals surface area contributed by atoms with Gasteiger partial charge in [0.2, 0.25) is 0 Å². The summed E-state index contributed by atoms with van der Waals surface area (Å²) < 4.78 is 4.72. The van der Waals surface area contributed by atoms with Crippen molar-refractivity contribution >= 4 is 17.5 Å². The lowest BCUT2D eigenvalue weighted by molar-refractivity contribution is 0.0602. The number of aromatic nitrogens is 1. The molecule has 20 heavy (non-hydrogen) atoms. The van der Waals surface area contributed by atoms with Gasteiger partial charge >= 0.3 is 5.97 Å². The maximum absolute atomic E-state index is 11.6. The number of carbonyl (C=O) groups excluding carboxylic acids is 1. The Hall–Kier alpha value is -1.78. The number of nitrogens with two attached hydrogens (primary N) is 1. The van der Waals surface area contributed by atoms with E-state index >= 15 is 0 Å². The summed E-state index contributed by atoms with van der Waals surface area (Å²) >= 11 is 0. The zero-order chi connectivity index (χ0) is 14.5. The highest BCUT2D eigenvalue weighted by atomic mass is 16.5. The standard InChI is InChI=1S/C15H23N3O2/c1-3-10-4-6-11(7-5-10)18-14-13(16)12(8-9-17-14)15(19)20-2/h8-11H,3-7,16H2,1-2H3,(H,17,18). The number of nitrogens with one attached hydrogen (secondary N) is 1. The topological polar surface area (TPSA) is 77.2 Å². The molecule has 0 spiro atoms. The third-order valence-electron chi connectivity index (χ3n) is 4.16. The predicted molar refractivity (Wildman–Crippen MR) is 79.6 cm³/mol. The Labute approximate surface area is 119 Å². The third-order valence-corrected chi connectivity index (χ3v) is 4.16. The zero-order valence-electron chi connectivity index (χ0n) is 12.2. The van der Waals surface area contributed by atoms with Crippen LogP contribution in [0.25, 0.3) is 0 Å². The fourth-order valence-corrected chi connectivity index (χ4v) is 2.78. The summed E-state index contributed by atoms with van der Waals surface area (Å²) in [6, 6.07) is 1.97. The second-order valence-electron chi connectivity index (χ2n) is 5.38. The van der Waals surface area contributed by atoms with Crippen LogP contribution in [0.5, 0.6) is 0 Å². The van der Waals surface area contributed by atoms with E-state index in [0.717, 1.165) is 18.8 Å². The molecule has 1 heterocycles. The van der Waals surface area contributed by atoms with Crippen LogP contribution in [0, 0.1) is 5.92 Å². The van der Waals surface area contributed by atoms with E-state index in [1.807, 2.05) is 0 Å². The molecule has 5 nitrogen and oxygen atoms in total. The maximum Gasteiger partial charge on any atom is 0.340 e. The molecule has 5 heteroatoms. The molecule has 0 amide bonds. The molecule has 0 saturated heterocycles. The van der Waals surface area contributed by atoms with Crippen LogP contribution in [-0.4, -0.2) is 24.1 Å². The molecule has 1 aliphatic carbocycles. The molecule has 0 bridgehead atoms. The quantitative estimate of drug-likeness (QED) is 0.827. The van der Waals surface area contributed by atoms with Gasteiger partial charge in [-0.05, 0) is 37.7 Å². The summed E-state index contributed by atoms with van der Waals surface area (Å²) in [7, 11) is 1.35. The number of hydrogen-bond acceptors (Lipinski definition) is 5. The minimum Gasteiger partial charge on any atom is -0.465 e. The van der Waals surface area contributed by atoms with Crippen molar-refractivity contribution in [1.82, 2.24) is 4.98 Å². The lowest BCUT2D eigenvalue weighted by Gasteiger charge is -2.29. The van der Waals surface area contributed by atoms with Crippen molar-refractivity contribution in [3.05, 3.63) is 17.8 Å². The van der Waals surface area contributed by atoms with Gasteiger partial charge in [-0.3, -0.25) is 0 Å². The van der Waals surface area contributed by atoms with Crippen molar-refractivity contribution in [3.63, 3.8) is 0 Å². The molecule has 0 aliphatic heterocycles. The van der Waals surface area contributed by atoms with Gasteiger partial charge in [0.25, 0.3) is 0 Å². The van der Waals surface area contributed by atoms with E-state index in [9.17, 15) is 4.79 Å². The van der Waals surface area contributed by atoms with Gasteiger partial charge in [0.15, 0.2) is 0 Å². The fourth-order valence-electron chi connectivity index (χ4n) is 2.78. The van der Waals surface area contributed by atoms with E-state index in [-0.39, 0.29) is 0 Å². The summed E-state index contributed by atoms with van der Waals surface area (Å²) in [5.74, 6) is 1.01. The Balaban J connectivity index is 2.05. The van der Waals surface area contributed by atoms with Gasteiger partial charge in [-0.1, -0.05) is 13.3 Å². The average molecular weight is 277 g/mol. The highest BCUT2D eigenvalue weighted by Crippen LogP contribution is 2.30. The molecule has 3 N–H and O–H groups in total. The Kier molecular flexibility index (Phi) is 4.82. The molecule has 1 saturated carbocycles. The molecule has 0 unspecified atom stereocenters. The lowest BCUT2D eigenvalue weighted by Crippen LogP contribution is -2.27. The summed E-state index contributed by atoms with van der Waals surface area (Å²) in [5.41, 5.74) is 6.74. The second kappa shape index (κ2) is 6.59. The van der Waals surface area contributed by atoms with Gasteiger partial charge in [0.1, 0.15) is 5.82 Å². The van der Waals surface area contributed by atoms with Gasteiger partial charge in [-0.15, -0.1) is 0 Å². The van der Waals surface area contributed by atoms with Crippen LogP contribution in [-0.2, 0) is 4.74 Å². The molecule has 0 radical (unpaired) electrons. The van der Waals surface area contributed by atoms with E-state index in [4.69, 9.17) is 10.5 Å². The summed E-state index contributed by atoms with van der Waals surface area (Å²) in [4.78, 5) is 15.8. The number of methoxy groups -OCH3 is 1. The number of pyridine rings is 1. The molecular weight excluding hydrogens is 254 g/mol. The van der Waals surface area contributed by atoms with Gasteiger partial charge in [-0.2, -0.15) is 0 Å². The van der Waals surface area contributed by atoms with Gasteiger partial charge < -0.3 is 15.8 Å². The first-order valence-electron chi connectivity index (χ1n) is 7.25. The number of hydrogen-bond donors (Lipinski definition) is 2. The number of esters is 1. The van der Waals surface area contributed by atoms with Gasteiger partial charge in [0.05, 0.1) is 18.4 Å². The normalized spacial score (nSPS) is 22.3. The van der Waals surface area contributed by atoms with Gasteiger partial charge in [0, 0.05) is 12.2 Å². The van der Waals surface area contributed by atoms with Crippen molar-refractivity contribution in [2.75, 3.05) is 18.2 Å². The van der Waals surface area contributed by atoms with E-state index < -0.39 is 5.97 Å². The molecule has 1 aliphatic rings. The third kappa shape index (κ3) is 3.21. The van der Waals surface area contributed by atoms with E-state index in [2.05, 4.69) is 17.2 Å². The van der Waals surface area contributed by atoms with Crippen molar-refractivity contribution in [2.45, 2.75) is 45.1 Å². The summed E-state index contributed by atoms with van der Waals surface area (Å²) in [5, 5.41) is 3.37. The monoisotopic (exact) mass is 277 g/mol. The van der Waals surface area contributed by atoms with E-state index in [1.54, 1.807) is 12.3 Å². The molecule has 110 valence electrons. The van der Waals surface area contributed by atoms with Crippen LogP contribution < -0.4 is 11.1 Å². The highest BCUT2D eigenvalue weighted by molar-refractivity contribution is 5.97. The minimum atomic E-state index is -0.428. The van der Waals surface area contributed by atoms with Crippen molar-refractivity contribution in [2.24, 2.45) is 5.92 Å². The fraction of sp³-hybridized carbons (Fsp3) is 0.600. The Morgan fingerprint density at radius 2 is 2.15 bits per heavy atom. The summed E-state index contributed by atoms with van der Waals surface area (Å²) in [6.45, 7) is 2.25. The van der Waals surface area contributed by atoms with Crippen LogP contribution in [0.4, 0.5) is 11.5 Å². The van der Waals surface area contributed by atoms with Gasteiger partial charge in [-0.25, -0.2) is 9.78 Å². The molecule has 1 aromatic rings. The van der Waals surface area contributed by atoms with Crippen molar-refractivity contribution < 1.29 is 9.53 Å². The highest BCUT2D eigenvalue weighted by Gasteiger charge is 2.22. The van der Waals surface area contributed by atoms with Crippen LogP contribution in [0.15, 0.2) is 12.3 Å². The number of nitrogen functional groups attached to an aromatic ring is 1. The Bertz CT molecular complexity index is 468. The molecule has 1 fully saturated rings. The number of nitrogens with zero attached hydrogens (tertiary/aromatic N) is 1. The SMILES string of the molecule is CCC1CCC(Nc2nccc(C(=O)OC)c2N)CC1. The zero-order valence-corrected chi connectivity index (χ0v) is 12.2. The largest absolute Gasteiger partial charge is 0.465 e. The first-order chi connectivity index (χ1) is 9.65. The molecular formula is C15H23N3O2. The molecule has 1 aromatic heterocycles. The average Bonchev–Trinajstić information content (AvgIpc) is 2.49. The molecule has 0 atom stereocenters. The minimum absolute atomic E-state index is 0.368. The summed E-state index contributed by atoms with van der Waals surface area (Å²) in [6.07, 6.45) is 7.58. The van der Waals surface area contributed by atoms with E-state index in [0.29, 0.717) is 23.1 Å². The molecule has 2 rings (SSSR count). The number of carbonyl (C=O) groups is 1. The number of rotatable bonds is 4. The Morgan fingerprint density at radius 1 is 1.45 bits per heavy atom. The molecule has 0 aromatic carbocycles.